The van der Waals surface area contributed by atoms with E-state index in [9.17, 15) is 8.42 Å². The zero-order chi connectivity index (χ0) is 11.8. The van der Waals surface area contributed by atoms with Crippen LogP contribution >= 0.6 is 0 Å². The Kier molecular flexibility index (Phi) is 2.55. The van der Waals surface area contributed by atoms with Gasteiger partial charge in [-0.1, -0.05) is 5.16 Å². The molecule has 6 nitrogen and oxygen atoms in total. The Labute approximate surface area is 92.8 Å². The number of hydrogen-bond acceptors (Lipinski definition) is 5. The molecule has 2 aromatic heterocycles. The monoisotopic (exact) mass is 241 g/mol. The number of aromatic nitrogens is 3. The molecule has 0 bridgehead atoms. The quantitative estimate of drug-likeness (QED) is 0.787. The first-order valence-corrected chi connectivity index (χ1v) is 6.48. The van der Waals surface area contributed by atoms with Crippen molar-refractivity contribution in [1.29, 1.82) is 0 Å². The van der Waals surface area contributed by atoms with Crippen LogP contribution in [0.1, 0.15) is 11.3 Å². The first-order chi connectivity index (χ1) is 7.47. The van der Waals surface area contributed by atoms with E-state index in [2.05, 4.69) is 10.3 Å². The molecule has 7 heteroatoms. The minimum atomic E-state index is -3.20. The lowest BCUT2D eigenvalue weighted by molar-refractivity contribution is 0.408. The van der Waals surface area contributed by atoms with Crippen LogP contribution in [0.25, 0.3) is 0 Å². The minimum absolute atomic E-state index is 0.202. The number of hydrogen-bond donors (Lipinski definition) is 0. The van der Waals surface area contributed by atoms with E-state index in [0.29, 0.717) is 6.54 Å². The highest BCUT2D eigenvalue weighted by atomic mass is 32.2. The molecule has 2 heterocycles. The molecular formula is C9H11N3O3S. The Morgan fingerprint density at radius 1 is 1.50 bits per heavy atom. The molecule has 0 N–H and O–H groups in total. The molecule has 0 aliphatic heterocycles. The van der Waals surface area contributed by atoms with E-state index < -0.39 is 9.84 Å². The fourth-order valence-electron chi connectivity index (χ4n) is 1.24. The molecule has 0 amide bonds. The van der Waals surface area contributed by atoms with Crippen molar-refractivity contribution in [2.24, 2.45) is 0 Å². The largest absolute Gasteiger partial charge is 0.364 e. The van der Waals surface area contributed by atoms with Crippen LogP contribution in [-0.2, 0) is 16.4 Å². The summed E-state index contributed by atoms with van der Waals surface area (Å²) in [5.74, 6) is 0. The van der Waals surface area contributed by atoms with Gasteiger partial charge in [-0.2, -0.15) is 5.10 Å². The van der Waals surface area contributed by atoms with Gasteiger partial charge in [0.05, 0.1) is 12.7 Å². The van der Waals surface area contributed by atoms with Gasteiger partial charge >= 0.3 is 0 Å². The smallest absolute Gasteiger partial charge is 0.178 e. The number of rotatable bonds is 3. The summed E-state index contributed by atoms with van der Waals surface area (Å²) in [4.78, 5) is 0.202. The van der Waals surface area contributed by atoms with Gasteiger partial charge in [0.15, 0.2) is 9.84 Å². The summed E-state index contributed by atoms with van der Waals surface area (Å²) in [5, 5.41) is 7.75. The maximum atomic E-state index is 11.2. The average molecular weight is 241 g/mol. The van der Waals surface area contributed by atoms with Crippen molar-refractivity contribution in [3.05, 3.63) is 29.9 Å². The van der Waals surface area contributed by atoms with E-state index in [1.165, 1.54) is 23.3 Å². The average Bonchev–Trinajstić information content (AvgIpc) is 2.76. The summed E-state index contributed by atoms with van der Waals surface area (Å²) < 4.78 is 28.8. The van der Waals surface area contributed by atoms with Crippen molar-refractivity contribution in [3.8, 4) is 0 Å². The fourth-order valence-corrected chi connectivity index (χ4v) is 1.79. The van der Waals surface area contributed by atoms with E-state index in [4.69, 9.17) is 4.52 Å². The third-order valence-electron chi connectivity index (χ3n) is 2.20. The molecule has 0 unspecified atom stereocenters. The zero-order valence-electron chi connectivity index (χ0n) is 8.91. The third kappa shape index (κ3) is 2.13. The van der Waals surface area contributed by atoms with Crippen LogP contribution in [0.3, 0.4) is 0 Å². The Bertz CT molecular complexity index is 597. The van der Waals surface area contributed by atoms with Gasteiger partial charge in [-0.05, 0) is 6.92 Å². The molecule has 0 saturated heterocycles. The second kappa shape index (κ2) is 3.75. The Balaban J connectivity index is 2.25. The lowest BCUT2D eigenvalue weighted by atomic mass is 10.3. The van der Waals surface area contributed by atoms with Gasteiger partial charge in [0.1, 0.15) is 16.9 Å². The molecule has 0 aliphatic rings. The Hall–Kier alpha value is -1.63. The Morgan fingerprint density at radius 3 is 2.75 bits per heavy atom. The maximum absolute atomic E-state index is 11.2. The van der Waals surface area contributed by atoms with E-state index in [-0.39, 0.29) is 4.90 Å². The summed E-state index contributed by atoms with van der Waals surface area (Å²) in [6, 6.07) is 0. The van der Waals surface area contributed by atoms with E-state index in [1.807, 2.05) is 6.92 Å². The first-order valence-electron chi connectivity index (χ1n) is 4.59. The molecule has 16 heavy (non-hydrogen) atoms. The van der Waals surface area contributed by atoms with Crippen LogP contribution < -0.4 is 0 Å². The predicted molar refractivity (Wildman–Crippen MR) is 55.7 cm³/mol. The van der Waals surface area contributed by atoms with Gasteiger partial charge in [0.2, 0.25) is 0 Å². The summed E-state index contributed by atoms with van der Waals surface area (Å²) >= 11 is 0. The number of nitrogens with zero attached hydrogens (tertiary/aromatic N) is 3. The molecule has 0 atom stereocenters. The summed E-state index contributed by atoms with van der Waals surface area (Å²) in [6.45, 7) is 2.27. The van der Waals surface area contributed by atoms with Crippen LogP contribution in [-0.4, -0.2) is 29.6 Å². The lowest BCUT2D eigenvalue weighted by Crippen LogP contribution is -2.02. The van der Waals surface area contributed by atoms with Crippen LogP contribution in [0.4, 0.5) is 0 Å². The highest BCUT2D eigenvalue weighted by molar-refractivity contribution is 7.90. The van der Waals surface area contributed by atoms with Crippen LogP contribution in [0.15, 0.2) is 28.1 Å². The molecule has 0 aromatic carbocycles. The van der Waals surface area contributed by atoms with Gasteiger partial charge < -0.3 is 4.52 Å². The SMILES string of the molecule is Cc1conc1Cn1cc(S(C)(=O)=O)cn1. The van der Waals surface area contributed by atoms with Crippen molar-refractivity contribution >= 4 is 9.84 Å². The van der Waals surface area contributed by atoms with Gasteiger partial charge in [-0.3, -0.25) is 4.68 Å². The standard InChI is InChI=1S/C9H11N3O3S/c1-7-6-15-11-9(7)5-12-4-8(3-10-12)16(2,13)14/h3-4,6H,5H2,1-2H3. The number of sulfone groups is 1. The van der Waals surface area contributed by atoms with Gasteiger partial charge in [0.25, 0.3) is 0 Å². The molecule has 0 saturated carbocycles. The summed E-state index contributed by atoms with van der Waals surface area (Å²) in [6.07, 6.45) is 5.49. The first kappa shape index (κ1) is 10.9. The lowest BCUT2D eigenvalue weighted by Gasteiger charge is -1.97. The maximum Gasteiger partial charge on any atom is 0.178 e. The van der Waals surface area contributed by atoms with Gasteiger partial charge in [0, 0.05) is 18.0 Å². The highest BCUT2D eigenvalue weighted by Crippen LogP contribution is 2.10. The van der Waals surface area contributed by atoms with Crippen molar-refractivity contribution in [1.82, 2.24) is 14.9 Å². The second-order valence-electron chi connectivity index (χ2n) is 3.59. The fraction of sp³-hybridized carbons (Fsp3) is 0.333. The molecule has 0 radical (unpaired) electrons. The molecule has 0 spiro atoms. The predicted octanol–water partition coefficient (Wildman–Crippen LogP) is 0.631. The summed E-state index contributed by atoms with van der Waals surface area (Å²) in [7, 11) is -3.20. The van der Waals surface area contributed by atoms with Crippen molar-refractivity contribution in [3.63, 3.8) is 0 Å². The molecule has 0 fully saturated rings. The van der Waals surface area contributed by atoms with Crippen molar-refractivity contribution < 1.29 is 12.9 Å². The minimum Gasteiger partial charge on any atom is -0.364 e. The molecule has 2 aromatic rings. The van der Waals surface area contributed by atoms with Crippen LogP contribution in [0.5, 0.6) is 0 Å². The highest BCUT2D eigenvalue weighted by Gasteiger charge is 2.11. The van der Waals surface area contributed by atoms with Gasteiger partial charge in [-0.25, -0.2) is 8.42 Å². The van der Waals surface area contributed by atoms with E-state index in [0.717, 1.165) is 17.5 Å². The van der Waals surface area contributed by atoms with Crippen LogP contribution in [0, 0.1) is 6.92 Å². The zero-order valence-corrected chi connectivity index (χ0v) is 9.73. The third-order valence-corrected chi connectivity index (χ3v) is 3.26. The second-order valence-corrected chi connectivity index (χ2v) is 5.61. The van der Waals surface area contributed by atoms with Crippen molar-refractivity contribution in [2.45, 2.75) is 18.4 Å². The molecule has 2 rings (SSSR count). The molecular weight excluding hydrogens is 230 g/mol. The molecule has 0 aliphatic carbocycles. The van der Waals surface area contributed by atoms with E-state index in [1.54, 1.807) is 0 Å². The Morgan fingerprint density at radius 2 is 2.25 bits per heavy atom. The topological polar surface area (TPSA) is 78.0 Å². The number of aryl methyl sites for hydroxylation is 1. The van der Waals surface area contributed by atoms with Crippen molar-refractivity contribution in [2.75, 3.05) is 6.26 Å². The molecule has 86 valence electrons. The van der Waals surface area contributed by atoms with E-state index >= 15 is 0 Å². The summed E-state index contributed by atoms with van der Waals surface area (Å²) in [5.41, 5.74) is 1.65. The van der Waals surface area contributed by atoms with Gasteiger partial charge in [-0.15, -0.1) is 0 Å². The van der Waals surface area contributed by atoms with Crippen LogP contribution in [0.2, 0.25) is 0 Å². The normalized spacial score (nSPS) is 11.9.